The molecule has 1 N–H and O–H groups in total. The van der Waals surface area contributed by atoms with Gasteiger partial charge in [-0.15, -0.1) is 0 Å². The molecular weight excluding hydrogens is 637 g/mol. The summed E-state index contributed by atoms with van der Waals surface area (Å²) in [6, 6.07) is 17.2. The molecule has 0 aliphatic carbocycles. The van der Waals surface area contributed by atoms with Gasteiger partial charge in [0, 0.05) is 42.7 Å². The highest BCUT2D eigenvalue weighted by Crippen LogP contribution is 2.38. The van der Waals surface area contributed by atoms with Crippen molar-refractivity contribution in [1.82, 2.24) is 14.7 Å². The first kappa shape index (κ1) is 32.3. The molecule has 0 spiro atoms. The second-order valence-electron chi connectivity index (χ2n) is 11.5. The Morgan fingerprint density at radius 1 is 1.04 bits per heavy atom. The van der Waals surface area contributed by atoms with Crippen molar-refractivity contribution in [2.24, 2.45) is 0 Å². The summed E-state index contributed by atoms with van der Waals surface area (Å²) in [4.78, 5) is 30.7. The molecule has 2 aliphatic heterocycles. The monoisotopic (exact) mass is 668 g/mol. The van der Waals surface area contributed by atoms with Gasteiger partial charge in [-0.1, -0.05) is 30.3 Å². The number of piperidine rings is 1. The van der Waals surface area contributed by atoms with Gasteiger partial charge in [0.15, 0.2) is 15.5 Å². The first-order valence-electron chi connectivity index (χ1n) is 14.8. The molecule has 47 heavy (non-hydrogen) atoms. The second kappa shape index (κ2) is 12.2. The molecule has 0 saturated carbocycles. The zero-order valence-electron chi connectivity index (χ0n) is 25.5. The zero-order valence-corrected chi connectivity index (χ0v) is 26.3. The molecule has 2 aliphatic rings. The number of aliphatic hydroxyl groups excluding tert-OH is 1. The average molecular weight is 669 g/mol. The number of sulfone groups is 1. The fourth-order valence-electron chi connectivity index (χ4n) is 6.17. The highest BCUT2D eigenvalue weighted by Gasteiger charge is 2.44. The number of aromatic nitrogens is 2. The van der Waals surface area contributed by atoms with E-state index in [0.717, 1.165) is 10.9 Å². The number of ether oxygens (including phenoxy) is 1. The summed E-state index contributed by atoms with van der Waals surface area (Å²) in [6.45, 7) is 0.326. The fraction of sp³-hybridized carbons (Fsp3) is 0.303. The summed E-state index contributed by atoms with van der Waals surface area (Å²) in [5.41, 5.74) is -0.449. The molecule has 1 unspecified atom stereocenters. The van der Waals surface area contributed by atoms with Crippen molar-refractivity contribution in [3.63, 3.8) is 0 Å². The Morgan fingerprint density at radius 2 is 1.77 bits per heavy atom. The summed E-state index contributed by atoms with van der Waals surface area (Å²) in [6.07, 6.45) is -3.59. The van der Waals surface area contributed by atoms with Crippen molar-refractivity contribution in [2.75, 3.05) is 37.9 Å². The van der Waals surface area contributed by atoms with Crippen LogP contribution in [-0.4, -0.2) is 79.1 Å². The highest BCUT2D eigenvalue weighted by molar-refractivity contribution is 7.90. The van der Waals surface area contributed by atoms with Crippen LogP contribution in [0.25, 0.3) is 16.8 Å². The van der Waals surface area contributed by atoms with Gasteiger partial charge >= 0.3 is 6.18 Å². The number of hydrogen-bond acceptors (Lipinski definition) is 7. The molecule has 4 aromatic rings. The summed E-state index contributed by atoms with van der Waals surface area (Å²) in [7, 11) is -2.15. The minimum atomic E-state index is -4.87. The predicted octanol–water partition coefficient (Wildman–Crippen LogP) is 4.77. The minimum absolute atomic E-state index is 0.0312. The van der Waals surface area contributed by atoms with Crippen LogP contribution in [0.2, 0.25) is 0 Å². The number of β-amino-alcohol motifs (C(OH)–C–C–N with tert-alkyl or cyclic N) is 1. The third-order valence-electron chi connectivity index (χ3n) is 8.41. The van der Waals surface area contributed by atoms with Gasteiger partial charge in [-0.25, -0.2) is 13.1 Å². The number of benzene rings is 3. The Labute approximate surface area is 268 Å². The molecule has 2 amide bonds. The molecule has 1 atom stereocenters. The van der Waals surface area contributed by atoms with Crippen LogP contribution in [0.1, 0.15) is 44.9 Å². The third-order valence-corrected chi connectivity index (χ3v) is 9.56. The van der Waals surface area contributed by atoms with E-state index in [9.17, 15) is 36.3 Å². The van der Waals surface area contributed by atoms with Crippen molar-refractivity contribution >= 4 is 27.3 Å². The standard InChI is InChI=1S/C33H31F3N4O6S/c1-46-23-13-14-27(26(18-23)31(42)38-16-5-6-22(41)19-38)40-29-25(30(37-40)33(34,35)36)15-17-39(32(29)43)21-11-9-20(10-12-21)24-7-3-4-8-28(24)47(2,44)45/h3-4,7-14,18,22,41H,5-6,15-17,19H2,1-2H3. The Bertz CT molecular complexity index is 1970. The first-order chi connectivity index (χ1) is 22.3. The van der Waals surface area contributed by atoms with E-state index in [4.69, 9.17) is 4.74 Å². The molecule has 1 fully saturated rings. The van der Waals surface area contributed by atoms with E-state index in [1.54, 1.807) is 42.5 Å². The van der Waals surface area contributed by atoms with Crippen molar-refractivity contribution < 1.29 is 41.0 Å². The molecule has 0 bridgehead atoms. The van der Waals surface area contributed by atoms with E-state index in [-0.39, 0.29) is 52.7 Å². The smallest absolute Gasteiger partial charge is 0.435 e. The Hall–Kier alpha value is -4.69. The summed E-state index contributed by atoms with van der Waals surface area (Å²) in [5, 5.41) is 14.1. The molecule has 1 saturated heterocycles. The maximum atomic E-state index is 14.3. The molecule has 3 aromatic carbocycles. The average Bonchev–Trinajstić information content (AvgIpc) is 3.45. The van der Waals surface area contributed by atoms with E-state index in [2.05, 4.69) is 5.10 Å². The molecule has 1 aromatic heterocycles. The third kappa shape index (κ3) is 6.10. The van der Waals surface area contributed by atoms with Gasteiger partial charge in [0.05, 0.1) is 29.4 Å². The number of nitrogens with zero attached hydrogens (tertiary/aromatic N) is 4. The lowest BCUT2D eigenvalue weighted by Crippen LogP contribution is -2.42. The van der Waals surface area contributed by atoms with Gasteiger partial charge in [0.25, 0.3) is 11.8 Å². The predicted molar refractivity (Wildman–Crippen MR) is 167 cm³/mol. The van der Waals surface area contributed by atoms with Gasteiger partial charge in [-0.3, -0.25) is 9.59 Å². The minimum Gasteiger partial charge on any atom is -0.497 e. The number of likely N-dealkylation sites (tertiary alicyclic amines) is 1. The summed E-state index contributed by atoms with van der Waals surface area (Å²) >= 11 is 0. The number of carbonyl (C=O) groups is 2. The Morgan fingerprint density at radius 3 is 2.43 bits per heavy atom. The van der Waals surface area contributed by atoms with E-state index >= 15 is 0 Å². The second-order valence-corrected chi connectivity index (χ2v) is 13.5. The van der Waals surface area contributed by atoms with Crippen LogP contribution in [-0.2, 0) is 22.4 Å². The van der Waals surface area contributed by atoms with Gasteiger partial charge in [-0.05, 0) is 61.2 Å². The largest absolute Gasteiger partial charge is 0.497 e. The number of anilines is 1. The topological polar surface area (TPSA) is 122 Å². The number of aliphatic hydroxyl groups is 1. The van der Waals surface area contributed by atoms with E-state index < -0.39 is 39.6 Å². The van der Waals surface area contributed by atoms with Crippen molar-refractivity contribution in [3.05, 3.63) is 89.2 Å². The number of alkyl halides is 3. The van der Waals surface area contributed by atoms with Gasteiger partial charge < -0.3 is 19.6 Å². The SMILES string of the molecule is COc1ccc(-n2nc(C(F)(F)F)c3c2C(=O)N(c2ccc(-c4ccccc4S(C)(=O)=O)cc2)CC3)c(C(=O)N2CCCC(O)C2)c1. The summed E-state index contributed by atoms with van der Waals surface area (Å²) < 4.78 is 73.8. The number of hydrogen-bond donors (Lipinski definition) is 1. The van der Waals surface area contributed by atoms with Crippen LogP contribution in [0.4, 0.5) is 18.9 Å². The quantitative estimate of drug-likeness (QED) is 0.314. The van der Waals surface area contributed by atoms with E-state index in [0.29, 0.717) is 36.2 Å². The van der Waals surface area contributed by atoms with Gasteiger partial charge in [-0.2, -0.15) is 18.3 Å². The van der Waals surface area contributed by atoms with E-state index in [1.807, 2.05) is 0 Å². The van der Waals surface area contributed by atoms with Crippen LogP contribution in [0.15, 0.2) is 71.6 Å². The molecule has 3 heterocycles. The number of halogens is 3. The van der Waals surface area contributed by atoms with Crippen molar-refractivity contribution in [3.8, 4) is 22.6 Å². The lowest BCUT2D eigenvalue weighted by Gasteiger charge is -2.31. The van der Waals surface area contributed by atoms with Gasteiger partial charge in [0.2, 0.25) is 0 Å². The zero-order chi connectivity index (χ0) is 33.7. The molecule has 14 heteroatoms. The highest BCUT2D eigenvalue weighted by atomic mass is 32.2. The molecule has 0 radical (unpaired) electrons. The summed E-state index contributed by atoms with van der Waals surface area (Å²) in [5.74, 6) is -1.01. The molecular formula is C33H31F3N4O6S. The van der Waals surface area contributed by atoms with Crippen molar-refractivity contribution in [2.45, 2.75) is 36.4 Å². The fourth-order valence-corrected chi connectivity index (χ4v) is 7.08. The maximum Gasteiger partial charge on any atom is 0.435 e. The van der Waals surface area contributed by atoms with Crippen LogP contribution < -0.4 is 9.64 Å². The van der Waals surface area contributed by atoms with Crippen LogP contribution in [0.3, 0.4) is 0 Å². The number of fused-ring (bicyclic) bond motifs is 1. The Balaban J connectivity index is 1.43. The van der Waals surface area contributed by atoms with Gasteiger partial charge in [0.1, 0.15) is 11.4 Å². The lowest BCUT2D eigenvalue weighted by molar-refractivity contribution is -0.141. The van der Waals surface area contributed by atoms with Crippen LogP contribution in [0, 0.1) is 0 Å². The lowest BCUT2D eigenvalue weighted by atomic mass is 10.0. The number of carbonyl (C=O) groups excluding carboxylic acids is 2. The molecule has 246 valence electrons. The Kier molecular flexibility index (Phi) is 8.34. The van der Waals surface area contributed by atoms with E-state index in [1.165, 1.54) is 41.2 Å². The number of methoxy groups -OCH3 is 1. The number of rotatable bonds is 6. The molecule has 6 rings (SSSR count). The number of amides is 2. The first-order valence-corrected chi connectivity index (χ1v) is 16.7. The van der Waals surface area contributed by atoms with Crippen LogP contribution >= 0.6 is 0 Å². The van der Waals surface area contributed by atoms with Crippen LogP contribution in [0.5, 0.6) is 5.75 Å². The molecule has 10 nitrogen and oxygen atoms in total. The normalized spacial score (nSPS) is 17.1. The maximum absolute atomic E-state index is 14.3. The van der Waals surface area contributed by atoms with Crippen molar-refractivity contribution in [1.29, 1.82) is 0 Å².